The molecular weight excluding hydrogens is 360 g/mol. The number of aromatic nitrogens is 4. The van der Waals surface area contributed by atoms with Gasteiger partial charge in [-0.05, 0) is 6.92 Å². The molecule has 3 heterocycles. The predicted octanol–water partition coefficient (Wildman–Crippen LogP) is 0.512. The molecule has 0 spiro atoms. The molecule has 1 aliphatic rings. The summed E-state index contributed by atoms with van der Waals surface area (Å²) in [5.74, 6) is -0.0427. The number of carbonyl (C=O) groups excluding carboxylic acids is 2. The van der Waals surface area contributed by atoms with E-state index in [1.54, 1.807) is 11.9 Å². The molecule has 0 aromatic carbocycles. The zero-order valence-corrected chi connectivity index (χ0v) is 15.4. The molecule has 26 heavy (non-hydrogen) atoms. The molecule has 0 saturated carbocycles. The van der Waals surface area contributed by atoms with Gasteiger partial charge in [0.1, 0.15) is 11.6 Å². The fourth-order valence-electron chi connectivity index (χ4n) is 2.65. The van der Waals surface area contributed by atoms with Gasteiger partial charge in [0.15, 0.2) is 5.82 Å². The van der Waals surface area contributed by atoms with Crippen LogP contribution in [0.2, 0.25) is 0 Å². The average Bonchev–Trinajstić information content (AvgIpc) is 3.37. The van der Waals surface area contributed by atoms with E-state index in [-0.39, 0.29) is 18.2 Å². The molecule has 1 atom stereocenters. The highest BCUT2D eigenvalue weighted by molar-refractivity contribution is 7.15. The molecule has 3 rings (SSSR count). The van der Waals surface area contributed by atoms with Gasteiger partial charge in [0.2, 0.25) is 23.3 Å². The number of carbonyl (C=O) groups is 2. The topological polar surface area (TPSA) is 115 Å². The maximum atomic E-state index is 12.6. The van der Waals surface area contributed by atoms with E-state index < -0.39 is 5.92 Å². The SMILES string of the molecule is CCOCc1nnc(N2CC(C(=O)N(C)CCc3ncon3)CC2=O)s1. The van der Waals surface area contributed by atoms with Crippen molar-refractivity contribution in [2.45, 2.75) is 26.4 Å². The summed E-state index contributed by atoms with van der Waals surface area (Å²) in [5, 5.41) is 13.0. The van der Waals surface area contributed by atoms with Gasteiger partial charge in [-0.1, -0.05) is 16.5 Å². The molecule has 0 N–H and O–H groups in total. The van der Waals surface area contributed by atoms with Crippen molar-refractivity contribution in [1.82, 2.24) is 25.2 Å². The smallest absolute Gasteiger partial charge is 0.229 e. The molecule has 2 amide bonds. The van der Waals surface area contributed by atoms with Gasteiger partial charge in [-0.2, -0.15) is 4.98 Å². The zero-order valence-electron chi connectivity index (χ0n) is 14.6. The first-order valence-electron chi connectivity index (χ1n) is 8.29. The van der Waals surface area contributed by atoms with Gasteiger partial charge in [-0.25, -0.2) is 0 Å². The summed E-state index contributed by atoms with van der Waals surface area (Å²) in [6, 6.07) is 0. The van der Waals surface area contributed by atoms with Crippen molar-refractivity contribution in [2.24, 2.45) is 5.92 Å². The van der Waals surface area contributed by atoms with Gasteiger partial charge in [0.25, 0.3) is 0 Å². The minimum absolute atomic E-state index is 0.0802. The number of amides is 2. The lowest BCUT2D eigenvalue weighted by Gasteiger charge is -2.20. The van der Waals surface area contributed by atoms with Crippen LogP contribution in [-0.2, 0) is 27.4 Å². The summed E-state index contributed by atoms with van der Waals surface area (Å²) in [4.78, 5) is 32.0. The van der Waals surface area contributed by atoms with E-state index in [0.29, 0.717) is 48.7 Å². The van der Waals surface area contributed by atoms with Crippen LogP contribution >= 0.6 is 11.3 Å². The summed E-state index contributed by atoms with van der Waals surface area (Å²) in [6.45, 7) is 3.63. The Bertz CT molecular complexity index is 749. The quantitative estimate of drug-likeness (QED) is 0.651. The predicted molar refractivity (Wildman–Crippen MR) is 91.3 cm³/mol. The number of hydrogen-bond acceptors (Lipinski definition) is 9. The van der Waals surface area contributed by atoms with Gasteiger partial charge in [-0.15, -0.1) is 10.2 Å². The van der Waals surface area contributed by atoms with E-state index in [0.717, 1.165) is 0 Å². The Hall–Kier alpha value is -2.40. The molecular formula is C15H20N6O4S. The van der Waals surface area contributed by atoms with Crippen molar-refractivity contribution in [1.29, 1.82) is 0 Å². The average molecular weight is 380 g/mol. The van der Waals surface area contributed by atoms with Crippen molar-refractivity contribution in [2.75, 3.05) is 31.6 Å². The summed E-state index contributed by atoms with van der Waals surface area (Å²) in [6.07, 6.45) is 1.93. The Kier molecular flexibility index (Phi) is 5.89. The highest BCUT2D eigenvalue weighted by Gasteiger charge is 2.37. The van der Waals surface area contributed by atoms with Crippen LogP contribution in [0.25, 0.3) is 0 Å². The van der Waals surface area contributed by atoms with Crippen molar-refractivity contribution >= 4 is 28.3 Å². The van der Waals surface area contributed by atoms with Gasteiger partial charge in [0.05, 0.1) is 5.92 Å². The Morgan fingerprint density at radius 2 is 2.35 bits per heavy atom. The summed E-state index contributed by atoms with van der Waals surface area (Å²) < 4.78 is 9.97. The lowest BCUT2D eigenvalue weighted by molar-refractivity contribution is -0.134. The maximum absolute atomic E-state index is 12.6. The third-order valence-corrected chi connectivity index (χ3v) is 4.96. The van der Waals surface area contributed by atoms with Crippen LogP contribution in [0.1, 0.15) is 24.2 Å². The molecule has 0 bridgehead atoms. The van der Waals surface area contributed by atoms with E-state index in [1.165, 1.54) is 22.6 Å². The number of nitrogens with zero attached hydrogens (tertiary/aromatic N) is 6. The normalized spacial score (nSPS) is 17.1. The highest BCUT2D eigenvalue weighted by Crippen LogP contribution is 2.28. The molecule has 2 aromatic heterocycles. The van der Waals surface area contributed by atoms with Crippen LogP contribution in [0.5, 0.6) is 0 Å². The Balaban J connectivity index is 1.56. The first-order valence-corrected chi connectivity index (χ1v) is 9.10. The molecule has 1 unspecified atom stereocenters. The van der Waals surface area contributed by atoms with E-state index in [9.17, 15) is 9.59 Å². The lowest BCUT2D eigenvalue weighted by Crippen LogP contribution is -2.36. The van der Waals surface area contributed by atoms with Crippen LogP contribution in [0.15, 0.2) is 10.9 Å². The first kappa shape index (κ1) is 18.4. The third-order valence-electron chi connectivity index (χ3n) is 4.05. The Morgan fingerprint density at radius 1 is 1.50 bits per heavy atom. The van der Waals surface area contributed by atoms with Crippen LogP contribution in [0, 0.1) is 5.92 Å². The largest absolute Gasteiger partial charge is 0.374 e. The molecule has 2 aromatic rings. The monoisotopic (exact) mass is 380 g/mol. The molecule has 10 nitrogen and oxygen atoms in total. The van der Waals surface area contributed by atoms with Gasteiger partial charge in [-0.3, -0.25) is 14.5 Å². The second-order valence-corrected chi connectivity index (χ2v) is 6.92. The number of anilines is 1. The summed E-state index contributed by atoms with van der Waals surface area (Å²) in [5.41, 5.74) is 0. The number of rotatable bonds is 8. The van der Waals surface area contributed by atoms with Crippen LogP contribution < -0.4 is 4.90 Å². The fourth-order valence-corrected chi connectivity index (χ4v) is 3.45. The molecule has 0 radical (unpaired) electrons. The van der Waals surface area contributed by atoms with Gasteiger partial charge < -0.3 is 14.2 Å². The summed E-state index contributed by atoms with van der Waals surface area (Å²) in [7, 11) is 1.71. The van der Waals surface area contributed by atoms with E-state index in [4.69, 9.17) is 4.74 Å². The summed E-state index contributed by atoms with van der Waals surface area (Å²) >= 11 is 1.31. The molecule has 1 fully saturated rings. The number of likely N-dealkylation sites (N-methyl/N-ethyl adjacent to an activating group) is 1. The minimum atomic E-state index is -0.392. The van der Waals surface area contributed by atoms with Gasteiger partial charge >= 0.3 is 0 Å². The minimum Gasteiger partial charge on any atom is -0.374 e. The van der Waals surface area contributed by atoms with Crippen molar-refractivity contribution in [3.8, 4) is 0 Å². The van der Waals surface area contributed by atoms with E-state index in [2.05, 4.69) is 24.9 Å². The number of ether oxygens (including phenoxy) is 1. The lowest BCUT2D eigenvalue weighted by atomic mass is 10.1. The fraction of sp³-hybridized carbons (Fsp3) is 0.600. The highest BCUT2D eigenvalue weighted by atomic mass is 32.1. The Labute approximate surface area is 154 Å². The first-order chi connectivity index (χ1) is 12.6. The molecule has 0 aliphatic carbocycles. The molecule has 1 aliphatic heterocycles. The second kappa shape index (κ2) is 8.32. The van der Waals surface area contributed by atoms with E-state index >= 15 is 0 Å². The van der Waals surface area contributed by atoms with Crippen molar-refractivity contribution in [3.63, 3.8) is 0 Å². The third kappa shape index (κ3) is 4.22. The Morgan fingerprint density at radius 3 is 3.08 bits per heavy atom. The van der Waals surface area contributed by atoms with Crippen LogP contribution in [-0.4, -0.2) is 63.8 Å². The van der Waals surface area contributed by atoms with E-state index in [1.807, 2.05) is 6.92 Å². The molecule has 1 saturated heterocycles. The van der Waals surface area contributed by atoms with Crippen LogP contribution in [0.4, 0.5) is 5.13 Å². The maximum Gasteiger partial charge on any atom is 0.229 e. The van der Waals surface area contributed by atoms with Crippen molar-refractivity contribution in [3.05, 3.63) is 17.2 Å². The van der Waals surface area contributed by atoms with Crippen molar-refractivity contribution < 1.29 is 18.8 Å². The zero-order chi connectivity index (χ0) is 18.5. The molecule has 140 valence electrons. The van der Waals surface area contributed by atoms with Gasteiger partial charge in [0, 0.05) is 39.6 Å². The second-order valence-electron chi connectivity index (χ2n) is 5.88. The standard InChI is InChI=1S/C15H20N6O4S/c1-3-24-8-12-17-18-15(26-12)21-7-10(6-13(21)22)14(23)20(2)5-4-11-16-9-25-19-11/h9-10H,3-8H2,1-2H3. The molecule has 11 heteroatoms. The number of hydrogen-bond donors (Lipinski definition) is 0. The van der Waals surface area contributed by atoms with Crippen LogP contribution in [0.3, 0.4) is 0 Å².